The molecule has 0 aromatic heterocycles. The molecule has 4 amide bonds. The van der Waals surface area contributed by atoms with E-state index in [-0.39, 0.29) is 19.1 Å². The number of rotatable bonds is 7. The third-order valence-corrected chi connectivity index (χ3v) is 5.07. The SMILES string of the molecule is CN(CCOc1cccc(Cl)c1)C(=O)CN1C(=O)NC(C)(c2ccccc2)C1=O. The quantitative estimate of drug-likeness (QED) is 0.705. The Hall–Kier alpha value is -3.06. The van der Waals surface area contributed by atoms with Gasteiger partial charge in [0.05, 0.1) is 6.54 Å². The number of benzene rings is 2. The van der Waals surface area contributed by atoms with Crippen molar-refractivity contribution in [3.05, 3.63) is 65.2 Å². The van der Waals surface area contributed by atoms with Gasteiger partial charge in [-0.15, -0.1) is 0 Å². The summed E-state index contributed by atoms with van der Waals surface area (Å²) in [7, 11) is 1.60. The Morgan fingerprint density at radius 1 is 1.17 bits per heavy atom. The fourth-order valence-electron chi connectivity index (χ4n) is 3.05. The van der Waals surface area contributed by atoms with Crippen LogP contribution in [0.4, 0.5) is 4.79 Å². The summed E-state index contributed by atoms with van der Waals surface area (Å²) in [5, 5.41) is 3.25. The topological polar surface area (TPSA) is 79.0 Å². The van der Waals surface area contributed by atoms with Crippen molar-refractivity contribution in [1.82, 2.24) is 15.1 Å². The Bertz CT molecular complexity index is 921. The van der Waals surface area contributed by atoms with Crippen LogP contribution >= 0.6 is 11.6 Å². The molecule has 0 aliphatic carbocycles. The second-order valence-corrected chi connectivity index (χ2v) is 7.37. The van der Waals surface area contributed by atoms with E-state index < -0.39 is 17.5 Å². The minimum absolute atomic E-state index is 0.254. The van der Waals surface area contributed by atoms with Crippen molar-refractivity contribution in [2.45, 2.75) is 12.5 Å². The number of urea groups is 1. The first kappa shape index (κ1) is 20.7. The lowest BCUT2D eigenvalue weighted by Gasteiger charge is -2.23. The van der Waals surface area contributed by atoms with Crippen LogP contribution in [-0.4, -0.2) is 54.4 Å². The average molecular weight is 416 g/mol. The first-order valence-corrected chi connectivity index (χ1v) is 9.51. The van der Waals surface area contributed by atoms with Gasteiger partial charge in [0.15, 0.2) is 0 Å². The maximum atomic E-state index is 12.9. The van der Waals surface area contributed by atoms with Crippen LogP contribution in [0.1, 0.15) is 12.5 Å². The Morgan fingerprint density at radius 2 is 1.90 bits per heavy atom. The lowest BCUT2D eigenvalue weighted by Crippen LogP contribution is -2.44. The van der Waals surface area contributed by atoms with Crippen molar-refractivity contribution in [2.24, 2.45) is 0 Å². The molecule has 1 heterocycles. The van der Waals surface area contributed by atoms with E-state index in [1.807, 2.05) is 6.07 Å². The molecule has 3 rings (SSSR count). The van der Waals surface area contributed by atoms with E-state index in [9.17, 15) is 14.4 Å². The first-order chi connectivity index (χ1) is 13.8. The number of hydrogen-bond donors (Lipinski definition) is 1. The van der Waals surface area contributed by atoms with Gasteiger partial charge >= 0.3 is 6.03 Å². The number of carbonyl (C=O) groups excluding carboxylic acids is 3. The molecule has 1 aliphatic heterocycles. The number of halogens is 1. The fourth-order valence-corrected chi connectivity index (χ4v) is 3.23. The van der Waals surface area contributed by atoms with E-state index in [2.05, 4.69) is 5.32 Å². The lowest BCUT2D eigenvalue weighted by molar-refractivity contribution is -0.138. The Labute approximate surface area is 174 Å². The monoisotopic (exact) mass is 415 g/mol. The van der Waals surface area contributed by atoms with Gasteiger partial charge < -0.3 is 15.0 Å². The van der Waals surface area contributed by atoms with Crippen LogP contribution in [0.15, 0.2) is 54.6 Å². The molecule has 1 aliphatic rings. The second kappa shape index (κ2) is 8.53. The summed E-state index contributed by atoms with van der Waals surface area (Å²) in [6, 6.07) is 15.3. The van der Waals surface area contributed by atoms with Crippen LogP contribution in [-0.2, 0) is 15.1 Å². The molecule has 1 fully saturated rings. The highest BCUT2D eigenvalue weighted by Crippen LogP contribution is 2.28. The van der Waals surface area contributed by atoms with E-state index in [0.717, 1.165) is 4.90 Å². The molecule has 1 atom stereocenters. The highest BCUT2D eigenvalue weighted by Gasteiger charge is 2.49. The molecule has 2 aromatic carbocycles. The summed E-state index contributed by atoms with van der Waals surface area (Å²) in [4.78, 5) is 40.1. The second-order valence-electron chi connectivity index (χ2n) is 6.93. The molecule has 2 aromatic rings. The van der Waals surface area contributed by atoms with Crippen LogP contribution in [0.2, 0.25) is 5.02 Å². The van der Waals surface area contributed by atoms with Gasteiger partial charge in [-0.1, -0.05) is 48.0 Å². The molecule has 0 radical (unpaired) electrons. The van der Waals surface area contributed by atoms with Crippen molar-refractivity contribution >= 4 is 29.4 Å². The Balaban J connectivity index is 1.57. The van der Waals surface area contributed by atoms with Crippen molar-refractivity contribution < 1.29 is 19.1 Å². The predicted octanol–water partition coefficient (Wildman–Crippen LogP) is 2.64. The van der Waals surface area contributed by atoms with Gasteiger partial charge in [0, 0.05) is 12.1 Å². The summed E-state index contributed by atoms with van der Waals surface area (Å²) in [6.07, 6.45) is 0. The number of amides is 4. The third-order valence-electron chi connectivity index (χ3n) is 4.84. The molecule has 29 heavy (non-hydrogen) atoms. The van der Waals surface area contributed by atoms with Crippen LogP contribution < -0.4 is 10.1 Å². The number of nitrogens with one attached hydrogen (secondary N) is 1. The molecular formula is C21H22ClN3O4. The third kappa shape index (κ3) is 4.51. The van der Waals surface area contributed by atoms with E-state index in [4.69, 9.17) is 16.3 Å². The highest BCUT2D eigenvalue weighted by atomic mass is 35.5. The van der Waals surface area contributed by atoms with E-state index >= 15 is 0 Å². The smallest absolute Gasteiger partial charge is 0.325 e. The van der Waals surface area contributed by atoms with Crippen molar-refractivity contribution in [1.29, 1.82) is 0 Å². The number of nitrogens with zero attached hydrogens (tertiary/aromatic N) is 2. The molecule has 0 saturated carbocycles. The summed E-state index contributed by atoms with van der Waals surface area (Å²) in [5.74, 6) is -0.211. The van der Waals surface area contributed by atoms with Crippen LogP contribution in [0.5, 0.6) is 5.75 Å². The summed E-state index contributed by atoms with van der Waals surface area (Å²) in [5.41, 5.74) is -0.524. The van der Waals surface area contributed by atoms with Gasteiger partial charge in [0.25, 0.3) is 5.91 Å². The molecule has 1 N–H and O–H groups in total. The van der Waals surface area contributed by atoms with Crippen LogP contribution in [0.3, 0.4) is 0 Å². The minimum atomic E-state index is -1.19. The maximum Gasteiger partial charge on any atom is 0.325 e. The molecular weight excluding hydrogens is 394 g/mol. The van der Waals surface area contributed by atoms with Crippen molar-refractivity contribution in [2.75, 3.05) is 26.7 Å². The normalized spacial score (nSPS) is 18.5. The zero-order valence-electron chi connectivity index (χ0n) is 16.2. The zero-order valence-corrected chi connectivity index (χ0v) is 17.0. The molecule has 152 valence electrons. The first-order valence-electron chi connectivity index (χ1n) is 9.13. The van der Waals surface area contributed by atoms with Gasteiger partial charge in [-0.25, -0.2) is 4.79 Å². The predicted molar refractivity (Wildman–Crippen MR) is 109 cm³/mol. The molecule has 0 bridgehead atoms. The van der Waals surface area contributed by atoms with E-state index in [1.165, 1.54) is 4.90 Å². The number of imide groups is 1. The molecule has 1 saturated heterocycles. The molecule has 1 unspecified atom stereocenters. The van der Waals surface area contributed by atoms with Gasteiger partial charge in [-0.2, -0.15) is 0 Å². The van der Waals surface area contributed by atoms with Gasteiger partial charge in [-0.3, -0.25) is 14.5 Å². The summed E-state index contributed by atoms with van der Waals surface area (Å²) >= 11 is 5.91. The van der Waals surface area contributed by atoms with E-state index in [0.29, 0.717) is 22.9 Å². The summed E-state index contributed by atoms with van der Waals surface area (Å²) in [6.45, 7) is 1.85. The number of hydrogen-bond acceptors (Lipinski definition) is 4. The molecule has 7 nitrogen and oxygen atoms in total. The Kier molecular flexibility index (Phi) is 6.08. The number of ether oxygens (including phenoxy) is 1. The standard InChI is InChI=1S/C21H22ClN3O4/c1-21(15-7-4-3-5-8-15)19(27)25(20(28)23-21)14-18(26)24(2)11-12-29-17-10-6-9-16(22)13-17/h3-10,13H,11-12,14H2,1-2H3,(H,23,28). The van der Waals surface area contributed by atoms with Crippen molar-refractivity contribution in [3.63, 3.8) is 0 Å². The van der Waals surface area contributed by atoms with Crippen LogP contribution in [0, 0.1) is 0 Å². The minimum Gasteiger partial charge on any atom is -0.492 e. The highest BCUT2D eigenvalue weighted by molar-refractivity contribution is 6.30. The van der Waals surface area contributed by atoms with Crippen LogP contribution in [0.25, 0.3) is 0 Å². The van der Waals surface area contributed by atoms with Gasteiger partial charge in [0.1, 0.15) is 24.4 Å². The number of likely N-dealkylation sites (N-methyl/N-ethyl adjacent to an activating group) is 1. The van der Waals surface area contributed by atoms with Gasteiger partial charge in [0.2, 0.25) is 5.91 Å². The number of carbonyl (C=O) groups is 3. The van der Waals surface area contributed by atoms with E-state index in [1.54, 1.807) is 62.5 Å². The lowest BCUT2D eigenvalue weighted by atomic mass is 9.92. The fraction of sp³-hybridized carbons (Fsp3) is 0.286. The Morgan fingerprint density at radius 3 is 2.59 bits per heavy atom. The largest absolute Gasteiger partial charge is 0.492 e. The molecule has 0 spiro atoms. The van der Waals surface area contributed by atoms with Crippen molar-refractivity contribution in [3.8, 4) is 5.75 Å². The summed E-state index contributed by atoms with van der Waals surface area (Å²) < 4.78 is 5.57. The average Bonchev–Trinajstić information content (AvgIpc) is 2.92. The van der Waals surface area contributed by atoms with Gasteiger partial charge in [-0.05, 0) is 30.7 Å². The zero-order chi connectivity index (χ0) is 21.0. The maximum absolute atomic E-state index is 12.9. The molecule has 8 heteroatoms.